The minimum atomic E-state index is -1.43. The maximum atomic E-state index is 12.7. The van der Waals surface area contributed by atoms with Gasteiger partial charge in [-0.3, -0.25) is 4.79 Å². The Balaban J connectivity index is 2.10. The third kappa shape index (κ3) is 3.12. The van der Waals surface area contributed by atoms with Crippen molar-refractivity contribution in [3.63, 3.8) is 0 Å². The molecular formula is C13H25BN2O3. The highest BCUT2D eigenvalue weighted by atomic mass is 16.4. The lowest BCUT2D eigenvalue weighted by Gasteiger charge is -2.33. The Morgan fingerprint density at radius 3 is 2.53 bits per heavy atom. The van der Waals surface area contributed by atoms with E-state index < -0.39 is 13.1 Å². The predicted molar refractivity (Wildman–Crippen MR) is 74.3 cm³/mol. The molecule has 0 spiro atoms. The van der Waals surface area contributed by atoms with Gasteiger partial charge in [-0.25, -0.2) is 0 Å². The fourth-order valence-electron chi connectivity index (χ4n) is 2.93. The highest BCUT2D eigenvalue weighted by molar-refractivity contribution is 6.43. The quantitative estimate of drug-likeness (QED) is 0.621. The molecule has 5 nitrogen and oxygen atoms in total. The van der Waals surface area contributed by atoms with Gasteiger partial charge in [0.15, 0.2) is 0 Å². The van der Waals surface area contributed by atoms with Crippen LogP contribution in [0, 0.1) is 5.41 Å². The van der Waals surface area contributed by atoms with Crippen molar-refractivity contribution in [1.82, 2.24) is 10.2 Å². The van der Waals surface area contributed by atoms with Gasteiger partial charge < -0.3 is 20.3 Å². The van der Waals surface area contributed by atoms with E-state index in [0.717, 1.165) is 19.3 Å². The van der Waals surface area contributed by atoms with Crippen LogP contribution in [-0.2, 0) is 4.79 Å². The molecule has 2 atom stereocenters. The molecule has 1 aliphatic heterocycles. The Kier molecular flexibility index (Phi) is 4.23. The molecular weight excluding hydrogens is 243 g/mol. The minimum Gasteiger partial charge on any atom is -0.426 e. The zero-order valence-electron chi connectivity index (χ0n) is 12.1. The number of carbonyl (C=O) groups is 1. The number of hydrogen-bond acceptors (Lipinski definition) is 4. The molecule has 0 bridgehead atoms. The monoisotopic (exact) mass is 268 g/mol. The Hall–Kier alpha value is -0.585. The predicted octanol–water partition coefficient (Wildman–Crippen LogP) is 0.156. The lowest BCUT2D eigenvalue weighted by Crippen LogP contribution is -2.56. The maximum Gasteiger partial charge on any atom is 0.475 e. The van der Waals surface area contributed by atoms with E-state index in [1.807, 2.05) is 13.8 Å². The maximum absolute atomic E-state index is 12.7. The van der Waals surface area contributed by atoms with E-state index in [4.69, 9.17) is 0 Å². The summed E-state index contributed by atoms with van der Waals surface area (Å²) in [6, 6.07) is 0.0401. The zero-order valence-corrected chi connectivity index (χ0v) is 12.1. The van der Waals surface area contributed by atoms with E-state index >= 15 is 0 Å². The van der Waals surface area contributed by atoms with Gasteiger partial charge in [-0.15, -0.1) is 0 Å². The van der Waals surface area contributed by atoms with Gasteiger partial charge in [-0.2, -0.15) is 0 Å². The van der Waals surface area contributed by atoms with Gasteiger partial charge in [0, 0.05) is 12.6 Å². The summed E-state index contributed by atoms with van der Waals surface area (Å²) in [5.41, 5.74) is 0.0366. The molecule has 0 aromatic rings. The lowest BCUT2D eigenvalue weighted by atomic mass is 9.77. The van der Waals surface area contributed by atoms with Crippen molar-refractivity contribution in [2.45, 2.75) is 64.5 Å². The number of amides is 1. The van der Waals surface area contributed by atoms with Gasteiger partial charge in [0.2, 0.25) is 5.91 Å². The van der Waals surface area contributed by atoms with Crippen molar-refractivity contribution in [2.24, 2.45) is 5.41 Å². The van der Waals surface area contributed by atoms with Crippen LogP contribution in [0.25, 0.3) is 0 Å². The Morgan fingerprint density at radius 1 is 1.42 bits per heavy atom. The van der Waals surface area contributed by atoms with Crippen molar-refractivity contribution >= 4 is 13.0 Å². The first-order chi connectivity index (χ1) is 8.85. The van der Waals surface area contributed by atoms with E-state index in [1.165, 1.54) is 0 Å². The van der Waals surface area contributed by atoms with E-state index in [0.29, 0.717) is 13.0 Å². The van der Waals surface area contributed by atoms with Gasteiger partial charge in [-0.1, -0.05) is 20.8 Å². The summed E-state index contributed by atoms with van der Waals surface area (Å²) in [7, 11) is -1.43. The lowest BCUT2D eigenvalue weighted by molar-refractivity contribution is -0.135. The molecule has 2 aliphatic rings. The van der Waals surface area contributed by atoms with Gasteiger partial charge >= 0.3 is 7.12 Å². The highest BCUT2D eigenvalue weighted by Gasteiger charge is 2.51. The van der Waals surface area contributed by atoms with Crippen molar-refractivity contribution in [2.75, 3.05) is 6.54 Å². The van der Waals surface area contributed by atoms with Crippen LogP contribution in [-0.4, -0.2) is 52.5 Å². The number of rotatable bonds is 5. The first kappa shape index (κ1) is 14.8. The molecule has 2 fully saturated rings. The molecule has 0 aromatic heterocycles. The second kappa shape index (κ2) is 5.42. The summed E-state index contributed by atoms with van der Waals surface area (Å²) in [5.74, 6) is -0.407. The van der Waals surface area contributed by atoms with Crippen LogP contribution in [0.2, 0.25) is 0 Å². The number of nitrogens with one attached hydrogen (secondary N) is 1. The van der Waals surface area contributed by atoms with Crippen LogP contribution in [0.4, 0.5) is 0 Å². The third-order valence-electron chi connectivity index (χ3n) is 4.41. The fraction of sp³-hybridized carbons (Fsp3) is 0.923. The van der Waals surface area contributed by atoms with Gasteiger partial charge in [0.25, 0.3) is 0 Å². The minimum absolute atomic E-state index is 0.0318. The SMILES string of the molecule is CC(C)NC(C(=O)N1CCCC1B(O)O)C1(C)CC1. The molecule has 3 N–H and O–H groups in total. The van der Waals surface area contributed by atoms with Crippen LogP contribution in [0.5, 0.6) is 0 Å². The standard InChI is InChI=1S/C13H25BN2O3/c1-9(2)15-11(13(3)6-7-13)12(17)16-8-4-5-10(16)14(18)19/h9-11,15,18-19H,4-8H2,1-3H3. The molecule has 1 heterocycles. The molecule has 1 amide bonds. The number of likely N-dealkylation sites (tertiary alicyclic amines) is 1. The normalized spacial score (nSPS) is 26.6. The van der Waals surface area contributed by atoms with Gasteiger partial charge in [0.05, 0.1) is 12.0 Å². The van der Waals surface area contributed by atoms with Crippen molar-refractivity contribution < 1.29 is 14.8 Å². The first-order valence-electron chi connectivity index (χ1n) is 7.28. The van der Waals surface area contributed by atoms with Crippen LogP contribution >= 0.6 is 0 Å². The van der Waals surface area contributed by atoms with Gasteiger partial charge in [0.1, 0.15) is 0 Å². The van der Waals surface area contributed by atoms with E-state index in [9.17, 15) is 14.8 Å². The molecule has 6 heteroatoms. The molecule has 1 aliphatic carbocycles. The largest absolute Gasteiger partial charge is 0.475 e. The Labute approximate surface area is 115 Å². The second-order valence-electron chi connectivity index (χ2n) is 6.56. The summed E-state index contributed by atoms with van der Waals surface area (Å²) in [4.78, 5) is 14.4. The molecule has 2 unspecified atom stereocenters. The fourth-order valence-corrected chi connectivity index (χ4v) is 2.93. The average Bonchev–Trinajstić information content (AvgIpc) is 2.90. The number of hydrogen-bond donors (Lipinski definition) is 3. The summed E-state index contributed by atoms with van der Waals surface area (Å²) < 4.78 is 0. The van der Waals surface area contributed by atoms with E-state index in [2.05, 4.69) is 12.2 Å². The van der Waals surface area contributed by atoms with Crippen LogP contribution in [0.1, 0.15) is 46.5 Å². The van der Waals surface area contributed by atoms with Crippen molar-refractivity contribution in [3.8, 4) is 0 Å². The van der Waals surface area contributed by atoms with Crippen molar-refractivity contribution in [3.05, 3.63) is 0 Å². The average molecular weight is 268 g/mol. The summed E-state index contributed by atoms with van der Waals surface area (Å²) in [5, 5.41) is 22.2. The molecule has 2 rings (SSSR count). The molecule has 1 saturated carbocycles. The van der Waals surface area contributed by atoms with E-state index in [1.54, 1.807) is 4.90 Å². The molecule has 108 valence electrons. The summed E-state index contributed by atoms with van der Waals surface area (Å²) in [6.07, 6.45) is 3.64. The first-order valence-corrected chi connectivity index (χ1v) is 7.28. The van der Waals surface area contributed by atoms with Gasteiger partial charge in [-0.05, 0) is 31.1 Å². The van der Waals surface area contributed by atoms with Crippen LogP contribution in [0.15, 0.2) is 0 Å². The topological polar surface area (TPSA) is 72.8 Å². The number of nitrogens with zero attached hydrogens (tertiary/aromatic N) is 1. The highest BCUT2D eigenvalue weighted by Crippen LogP contribution is 2.49. The van der Waals surface area contributed by atoms with Crippen LogP contribution < -0.4 is 5.32 Å². The zero-order chi connectivity index (χ0) is 14.2. The third-order valence-corrected chi connectivity index (χ3v) is 4.41. The molecule has 1 saturated heterocycles. The Bertz CT molecular complexity index is 345. The molecule has 19 heavy (non-hydrogen) atoms. The summed E-state index contributed by atoms with van der Waals surface area (Å²) >= 11 is 0. The molecule has 0 aromatic carbocycles. The van der Waals surface area contributed by atoms with Crippen LogP contribution in [0.3, 0.4) is 0 Å². The van der Waals surface area contributed by atoms with Crippen molar-refractivity contribution in [1.29, 1.82) is 0 Å². The second-order valence-corrected chi connectivity index (χ2v) is 6.56. The smallest absolute Gasteiger partial charge is 0.426 e. The Morgan fingerprint density at radius 2 is 2.05 bits per heavy atom. The molecule has 0 radical (unpaired) electrons. The number of carbonyl (C=O) groups excluding carboxylic acids is 1. The summed E-state index contributed by atoms with van der Waals surface area (Å²) in [6.45, 7) is 6.83. The van der Waals surface area contributed by atoms with E-state index in [-0.39, 0.29) is 23.4 Å².